The molecule has 0 aliphatic carbocycles. The van der Waals surface area contributed by atoms with Gasteiger partial charge in [0.25, 0.3) is 0 Å². The van der Waals surface area contributed by atoms with Gasteiger partial charge in [-0.25, -0.2) is 4.98 Å². The zero-order valence-corrected chi connectivity index (χ0v) is 9.28. The van der Waals surface area contributed by atoms with Gasteiger partial charge in [-0.05, 0) is 6.92 Å². The summed E-state index contributed by atoms with van der Waals surface area (Å²) < 4.78 is 0. The highest BCUT2D eigenvalue weighted by molar-refractivity contribution is 7.11. The molecule has 78 valence electrons. The van der Waals surface area contributed by atoms with Gasteiger partial charge >= 0.3 is 0 Å². The van der Waals surface area contributed by atoms with Gasteiger partial charge in [0.2, 0.25) is 5.91 Å². The highest BCUT2D eigenvalue weighted by atomic mass is 32.1. The molecule has 0 saturated carbocycles. The number of rotatable bonds is 5. The highest BCUT2D eigenvalue weighted by Crippen LogP contribution is 2.10. The summed E-state index contributed by atoms with van der Waals surface area (Å²) in [5.74, 6) is 0.0676. The first-order chi connectivity index (χ1) is 6.72. The zero-order valence-electron chi connectivity index (χ0n) is 8.46. The molecule has 1 aromatic heterocycles. The molecule has 1 amide bonds. The van der Waals surface area contributed by atoms with Crippen molar-refractivity contribution in [3.8, 4) is 0 Å². The first-order valence-corrected chi connectivity index (χ1v) is 5.36. The van der Waals surface area contributed by atoms with Gasteiger partial charge in [0.1, 0.15) is 0 Å². The predicted molar refractivity (Wildman–Crippen MR) is 57.2 cm³/mol. The Morgan fingerprint density at radius 1 is 1.64 bits per heavy atom. The summed E-state index contributed by atoms with van der Waals surface area (Å²) in [5.41, 5.74) is 0. The molecule has 0 fully saturated rings. The lowest BCUT2D eigenvalue weighted by Crippen LogP contribution is -2.24. The number of carbonyl (C=O) groups is 1. The van der Waals surface area contributed by atoms with E-state index in [0.29, 0.717) is 13.0 Å². The van der Waals surface area contributed by atoms with Gasteiger partial charge in [-0.15, -0.1) is 11.3 Å². The second-order valence-electron chi connectivity index (χ2n) is 2.95. The summed E-state index contributed by atoms with van der Waals surface area (Å²) in [5, 5.41) is 6.85. The molecule has 5 heteroatoms. The first-order valence-electron chi connectivity index (χ1n) is 4.55. The summed E-state index contributed by atoms with van der Waals surface area (Å²) in [6.45, 7) is 3.48. The van der Waals surface area contributed by atoms with Crippen LogP contribution in [0.1, 0.15) is 16.3 Å². The summed E-state index contributed by atoms with van der Waals surface area (Å²) in [6, 6.07) is 0. The average Bonchev–Trinajstić information content (AvgIpc) is 2.58. The Hall–Kier alpha value is -0.940. The van der Waals surface area contributed by atoms with E-state index in [1.807, 2.05) is 13.1 Å². The van der Waals surface area contributed by atoms with Gasteiger partial charge in [-0.2, -0.15) is 0 Å². The molecule has 0 atom stereocenters. The topological polar surface area (TPSA) is 54.0 Å². The molecule has 0 aliphatic rings. The SMILES string of the molecule is CNC(=O)CCNCc1cnc(C)s1. The number of aryl methyl sites for hydroxylation is 1. The quantitative estimate of drug-likeness (QED) is 0.707. The third kappa shape index (κ3) is 3.85. The Morgan fingerprint density at radius 3 is 3.00 bits per heavy atom. The fraction of sp³-hybridized carbons (Fsp3) is 0.556. The molecule has 1 rings (SSSR count). The van der Waals surface area contributed by atoms with E-state index in [1.165, 1.54) is 4.88 Å². The number of amides is 1. The van der Waals surface area contributed by atoms with E-state index in [9.17, 15) is 4.79 Å². The van der Waals surface area contributed by atoms with Gasteiger partial charge in [0, 0.05) is 37.6 Å². The summed E-state index contributed by atoms with van der Waals surface area (Å²) >= 11 is 1.68. The first kappa shape index (κ1) is 11.1. The Balaban J connectivity index is 2.13. The van der Waals surface area contributed by atoms with Crippen LogP contribution in [-0.4, -0.2) is 24.5 Å². The smallest absolute Gasteiger partial charge is 0.221 e. The molecule has 2 N–H and O–H groups in total. The van der Waals surface area contributed by atoms with Crippen LogP contribution in [0.4, 0.5) is 0 Å². The van der Waals surface area contributed by atoms with Crippen LogP contribution < -0.4 is 10.6 Å². The van der Waals surface area contributed by atoms with Crippen molar-refractivity contribution in [1.29, 1.82) is 0 Å². The van der Waals surface area contributed by atoms with Crippen LogP contribution in [0.3, 0.4) is 0 Å². The second-order valence-corrected chi connectivity index (χ2v) is 4.26. The van der Waals surface area contributed by atoms with E-state index in [0.717, 1.165) is 11.6 Å². The highest BCUT2D eigenvalue weighted by Gasteiger charge is 1.99. The van der Waals surface area contributed by atoms with Crippen molar-refractivity contribution in [3.05, 3.63) is 16.1 Å². The van der Waals surface area contributed by atoms with Gasteiger partial charge in [0.15, 0.2) is 0 Å². The standard InChI is InChI=1S/C9H15N3OS/c1-7-12-6-8(14-7)5-11-4-3-9(13)10-2/h6,11H,3-5H2,1-2H3,(H,10,13). The second kappa shape index (κ2) is 5.72. The summed E-state index contributed by atoms with van der Waals surface area (Å²) in [7, 11) is 1.65. The molecule has 0 bridgehead atoms. The van der Waals surface area contributed by atoms with Crippen LogP contribution in [0.5, 0.6) is 0 Å². The third-order valence-electron chi connectivity index (χ3n) is 1.78. The van der Waals surface area contributed by atoms with Crippen LogP contribution >= 0.6 is 11.3 Å². The summed E-state index contributed by atoms with van der Waals surface area (Å²) in [6.07, 6.45) is 2.39. The predicted octanol–water partition coefficient (Wildman–Crippen LogP) is 0.677. The van der Waals surface area contributed by atoms with Crippen molar-refractivity contribution >= 4 is 17.2 Å². The molecule has 1 aromatic rings. The number of hydrogen-bond acceptors (Lipinski definition) is 4. The lowest BCUT2D eigenvalue weighted by molar-refractivity contribution is -0.120. The number of carbonyl (C=O) groups excluding carboxylic acids is 1. The van der Waals surface area contributed by atoms with Crippen LogP contribution in [0.2, 0.25) is 0 Å². The van der Waals surface area contributed by atoms with Crippen LogP contribution in [-0.2, 0) is 11.3 Å². The molecular weight excluding hydrogens is 198 g/mol. The molecule has 14 heavy (non-hydrogen) atoms. The molecule has 0 aliphatic heterocycles. The molecule has 0 unspecified atom stereocenters. The maximum atomic E-state index is 10.9. The molecule has 0 spiro atoms. The lowest BCUT2D eigenvalue weighted by Gasteiger charge is -2.01. The van der Waals surface area contributed by atoms with Crippen molar-refractivity contribution in [2.45, 2.75) is 19.9 Å². The number of nitrogens with one attached hydrogen (secondary N) is 2. The minimum absolute atomic E-state index is 0.0676. The molecule has 0 aromatic carbocycles. The Morgan fingerprint density at radius 2 is 2.43 bits per heavy atom. The monoisotopic (exact) mass is 213 g/mol. The molecular formula is C9H15N3OS. The maximum Gasteiger partial charge on any atom is 0.221 e. The van der Waals surface area contributed by atoms with E-state index >= 15 is 0 Å². The van der Waals surface area contributed by atoms with E-state index in [2.05, 4.69) is 15.6 Å². The van der Waals surface area contributed by atoms with Gasteiger partial charge in [-0.3, -0.25) is 4.79 Å². The van der Waals surface area contributed by atoms with Gasteiger partial charge < -0.3 is 10.6 Å². The Kier molecular flexibility index (Phi) is 4.55. The fourth-order valence-corrected chi connectivity index (χ4v) is 1.79. The molecule has 0 saturated heterocycles. The maximum absolute atomic E-state index is 10.9. The van der Waals surface area contributed by atoms with Crippen molar-refractivity contribution < 1.29 is 4.79 Å². The third-order valence-corrected chi connectivity index (χ3v) is 2.69. The van der Waals surface area contributed by atoms with E-state index in [-0.39, 0.29) is 5.91 Å². The van der Waals surface area contributed by atoms with Crippen molar-refractivity contribution in [1.82, 2.24) is 15.6 Å². The minimum atomic E-state index is 0.0676. The largest absolute Gasteiger partial charge is 0.359 e. The molecule has 0 radical (unpaired) electrons. The van der Waals surface area contributed by atoms with Crippen LogP contribution in [0.15, 0.2) is 6.20 Å². The van der Waals surface area contributed by atoms with E-state index in [4.69, 9.17) is 0 Å². The average molecular weight is 213 g/mol. The van der Waals surface area contributed by atoms with E-state index < -0.39 is 0 Å². The van der Waals surface area contributed by atoms with Crippen molar-refractivity contribution in [3.63, 3.8) is 0 Å². The molecule has 1 heterocycles. The van der Waals surface area contributed by atoms with Crippen molar-refractivity contribution in [2.24, 2.45) is 0 Å². The number of nitrogens with zero attached hydrogens (tertiary/aromatic N) is 1. The Bertz CT molecular complexity index is 298. The number of hydrogen-bond donors (Lipinski definition) is 2. The van der Waals surface area contributed by atoms with Gasteiger partial charge in [0.05, 0.1) is 5.01 Å². The van der Waals surface area contributed by atoms with Crippen molar-refractivity contribution in [2.75, 3.05) is 13.6 Å². The van der Waals surface area contributed by atoms with E-state index in [1.54, 1.807) is 18.4 Å². The van der Waals surface area contributed by atoms with Gasteiger partial charge in [-0.1, -0.05) is 0 Å². The number of thiazole rings is 1. The number of aromatic nitrogens is 1. The van der Waals surface area contributed by atoms with Crippen LogP contribution in [0.25, 0.3) is 0 Å². The molecule has 4 nitrogen and oxygen atoms in total. The lowest BCUT2D eigenvalue weighted by atomic mass is 10.4. The minimum Gasteiger partial charge on any atom is -0.359 e. The summed E-state index contributed by atoms with van der Waals surface area (Å²) in [4.78, 5) is 16.2. The fourth-order valence-electron chi connectivity index (χ4n) is 1.03. The Labute approximate surface area is 87.7 Å². The van der Waals surface area contributed by atoms with Crippen LogP contribution in [0, 0.1) is 6.92 Å². The zero-order chi connectivity index (χ0) is 10.4. The normalized spacial score (nSPS) is 10.1.